The van der Waals surface area contributed by atoms with E-state index in [1.165, 1.54) is 10.9 Å². The first kappa shape index (κ1) is 18.8. The van der Waals surface area contributed by atoms with E-state index in [0.717, 1.165) is 24.2 Å². The van der Waals surface area contributed by atoms with Gasteiger partial charge in [0, 0.05) is 24.8 Å². The SMILES string of the molecule is COc1ccc([C@@H]2[C@@H](CO)OCCN2Cc2cccc3cc[nH]c23)cc1OC. The number of nitrogens with one attached hydrogen (secondary N) is 1. The summed E-state index contributed by atoms with van der Waals surface area (Å²) in [4.78, 5) is 5.71. The Morgan fingerprint density at radius 2 is 2.00 bits per heavy atom. The van der Waals surface area contributed by atoms with Crippen molar-refractivity contribution in [1.29, 1.82) is 0 Å². The number of aromatic nitrogens is 1. The molecule has 28 heavy (non-hydrogen) atoms. The molecule has 0 bridgehead atoms. The highest BCUT2D eigenvalue weighted by Gasteiger charge is 2.34. The number of para-hydroxylation sites is 1. The van der Waals surface area contributed by atoms with Gasteiger partial charge in [-0.1, -0.05) is 24.3 Å². The van der Waals surface area contributed by atoms with Crippen LogP contribution in [0, 0.1) is 0 Å². The van der Waals surface area contributed by atoms with Gasteiger partial charge in [0.25, 0.3) is 0 Å². The van der Waals surface area contributed by atoms with Crippen LogP contribution in [0.1, 0.15) is 17.2 Å². The van der Waals surface area contributed by atoms with Crippen LogP contribution in [0.15, 0.2) is 48.7 Å². The minimum absolute atomic E-state index is 0.0395. The van der Waals surface area contributed by atoms with E-state index in [4.69, 9.17) is 14.2 Å². The van der Waals surface area contributed by atoms with E-state index in [0.29, 0.717) is 18.1 Å². The number of rotatable bonds is 6. The Morgan fingerprint density at radius 3 is 2.79 bits per heavy atom. The molecule has 0 unspecified atom stereocenters. The third-order valence-electron chi connectivity index (χ3n) is 5.43. The molecule has 2 N–H and O–H groups in total. The van der Waals surface area contributed by atoms with Crippen LogP contribution in [0.5, 0.6) is 11.5 Å². The topological polar surface area (TPSA) is 67.0 Å². The Balaban J connectivity index is 1.70. The van der Waals surface area contributed by atoms with Gasteiger partial charge in [0.05, 0.1) is 33.5 Å². The number of hydrogen-bond donors (Lipinski definition) is 2. The first-order valence-electron chi connectivity index (χ1n) is 9.48. The van der Waals surface area contributed by atoms with Crippen LogP contribution in [-0.4, -0.2) is 55.1 Å². The number of hydrogen-bond acceptors (Lipinski definition) is 5. The van der Waals surface area contributed by atoms with Gasteiger partial charge in [-0.15, -0.1) is 0 Å². The van der Waals surface area contributed by atoms with Gasteiger partial charge < -0.3 is 24.3 Å². The molecule has 2 heterocycles. The van der Waals surface area contributed by atoms with Crippen LogP contribution in [0.2, 0.25) is 0 Å². The lowest BCUT2D eigenvalue weighted by molar-refractivity contribution is -0.0960. The zero-order valence-corrected chi connectivity index (χ0v) is 16.2. The van der Waals surface area contributed by atoms with Crippen molar-refractivity contribution in [3.63, 3.8) is 0 Å². The Hall–Kier alpha value is -2.54. The standard InChI is InChI=1S/C22H26N2O4/c1-26-18-7-6-16(12-19(18)27-2)22-20(14-25)28-11-10-24(22)13-17-5-3-4-15-8-9-23-21(15)17/h3-9,12,20,22-23,25H,10-11,13-14H2,1-2H3/t20-,22-/m1/s1. The molecule has 6 nitrogen and oxygen atoms in total. The fourth-order valence-electron chi connectivity index (χ4n) is 4.08. The third kappa shape index (κ3) is 3.46. The Labute approximate surface area is 164 Å². The summed E-state index contributed by atoms with van der Waals surface area (Å²) in [7, 11) is 3.26. The molecule has 148 valence electrons. The monoisotopic (exact) mass is 382 g/mol. The van der Waals surface area contributed by atoms with Gasteiger partial charge in [-0.3, -0.25) is 4.90 Å². The molecule has 1 saturated heterocycles. The van der Waals surface area contributed by atoms with Crippen LogP contribution >= 0.6 is 0 Å². The molecular weight excluding hydrogens is 356 g/mol. The summed E-state index contributed by atoms with van der Waals surface area (Å²) in [5.41, 5.74) is 3.42. The molecule has 0 aliphatic carbocycles. The summed E-state index contributed by atoms with van der Waals surface area (Å²) in [6, 6.07) is 14.2. The number of aliphatic hydroxyl groups is 1. The summed E-state index contributed by atoms with van der Waals surface area (Å²) in [6.07, 6.45) is 1.67. The molecule has 0 saturated carbocycles. The van der Waals surface area contributed by atoms with Crippen LogP contribution < -0.4 is 9.47 Å². The average molecular weight is 382 g/mol. The summed E-state index contributed by atoms with van der Waals surface area (Å²) in [5.74, 6) is 1.36. The van der Waals surface area contributed by atoms with Crippen molar-refractivity contribution in [1.82, 2.24) is 9.88 Å². The Bertz CT molecular complexity index is 939. The molecule has 1 fully saturated rings. The minimum atomic E-state index is -0.297. The Morgan fingerprint density at radius 1 is 1.14 bits per heavy atom. The van der Waals surface area contributed by atoms with Gasteiger partial charge in [0.2, 0.25) is 0 Å². The van der Waals surface area contributed by atoms with Crippen molar-refractivity contribution in [2.75, 3.05) is 34.0 Å². The Kier molecular flexibility index (Phi) is 5.52. The van der Waals surface area contributed by atoms with E-state index < -0.39 is 0 Å². The van der Waals surface area contributed by atoms with Crippen LogP contribution in [0.3, 0.4) is 0 Å². The fraction of sp³-hybridized carbons (Fsp3) is 0.364. The highest BCUT2D eigenvalue weighted by atomic mass is 16.5. The molecule has 6 heteroatoms. The van der Waals surface area contributed by atoms with E-state index in [-0.39, 0.29) is 18.8 Å². The van der Waals surface area contributed by atoms with Gasteiger partial charge in [0.15, 0.2) is 11.5 Å². The predicted octanol–water partition coefficient (Wildman–Crippen LogP) is 3.12. The number of aliphatic hydroxyl groups excluding tert-OH is 1. The summed E-state index contributed by atoms with van der Waals surface area (Å²) >= 11 is 0. The normalized spacial score (nSPS) is 20.4. The number of aromatic amines is 1. The largest absolute Gasteiger partial charge is 0.493 e. The third-order valence-corrected chi connectivity index (χ3v) is 5.43. The summed E-state index contributed by atoms with van der Waals surface area (Å²) in [6.45, 7) is 2.10. The number of H-pyrrole nitrogens is 1. The van der Waals surface area contributed by atoms with Crippen molar-refractivity contribution < 1.29 is 19.3 Å². The van der Waals surface area contributed by atoms with Crippen LogP contribution in [-0.2, 0) is 11.3 Å². The van der Waals surface area contributed by atoms with Gasteiger partial charge >= 0.3 is 0 Å². The fourth-order valence-corrected chi connectivity index (χ4v) is 4.08. The van der Waals surface area contributed by atoms with E-state index in [1.54, 1.807) is 14.2 Å². The van der Waals surface area contributed by atoms with E-state index in [9.17, 15) is 5.11 Å². The number of methoxy groups -OCH3 is 2. The number of morpholine rings is 1. The van der Waals surface area contributed by atoms with Crippen molar-refractivity contribution in [3.05, 3.63) is 59.8 Å². The number of benzene rings is 2. The second kappa shape index (κ2) is 8.22. The van der Waals surface area contributed by atoms with Gasteiger partial charge in [0.1, 0.15) is 6.10 Å². The summed E-state index contributed by atoms with van der Waals surface area (Å²) in [5, 5.41) is 11.2. The van der Waals surface area contributed by atoms with Crippen molar-refractivity contribution in [3.8, 4) is 11.5 Å². The van der Waals surface area contributed by atoms with Crippen molar-refractivity contribution >= 4 is 10.9 Å². The predicted molar refractivity (Wildman–Crippen MR) is 108 cm³/mol. The molecule has 3 aromatic rings. The van der Waals surface area contributed by atoms with Crippen LogP contribution in [0.4, 0.5) is 0 Å². The molecule has 0 amide bonds. The van der Waals surface area contributed by atoms with Gasteiger partial charge in [-0.25, -0.2) is 0 Å². The zero-order chi connectivity index (χ0) is 19.5. The van der Waals surface area contributed by atoms with Gasteiger partial charge in [-0.05, 0) is 34.7 Å². The van der Waals surface area contributed by atoms with Crippen molar-refractivity contribution in [2.24, 2.45) is 0 Å². The second-order valence-electron chi connectivity index (χ2n) is 6.98. The molecular formula is C22H26N2O4. The molecule has 0 radical (unpaired) electrons. The number of ether oxygens (including phenoxy) is 3. The maximum absolute atomic E-state index is 9.96. The molecule has 0 spiro atoms. The summed E-state index contributed by atoms with van der Waals surface area (Å²) < 4.78 is 16.7. The highest BCUT2D eigenvalue weighted by molar-refractivity contribution is 5.82. The zero-order valence-electron chi connectivity index (χ0n) is 16.2. The number of fused-ring (bicyclic) bond motifs is 1. The molecule has 2 atom stereocenters. The molecule has 1 aliphatic heterocycles. The van der Waals surface area contributed by atoms with Crippen LogP contribution in [0.25, 0.3) is 10.9 Å². The minimum Gasteiger partial charge on any atom is -0.493 e. The quantitative estimate of drug-likeness (QED) is 0.686. The highest BCUT2D eigenvalue weighted by Crippen LogP contribution is 2.36. The maximum atomic E-state index is 9.96. The average Bonchev–Trinajstić information content (AvgIpc) is 3.23. The van der Waals surface area contributed by atoms with E-state index in [1.807, 2.05) is 24.4 Å². The molecule has 4 rings (SSSR count). The maximum Gasteiger partial charge on any atom is 0.161 e. The lowest BCUT2D eigenvalue weighted by Gasteiger charge is -2.41. The molecule has 1 aliphatic rings. The van der Waals surface area contributed by atoms with E-state index in [2.05, 4.69) is 34.1 Å². The smallest absolute Gasteiger partial charge is 0.161 e. The first-order valence-corrected chi connectivity index (χ1v) is 9.48. The van der Waals surface area contributed by atoms with Crippen molar-refractivity contribution in [2.45, 2.75) is 18.7 Å². The second-order valence-corrected chi connectivity index (χ2v) is 6.98. The van der Waals surface area contributed by atoms with Gasteiger partial charge in [-0.2, -0.15) is 0 Å². The molecule has 2 aromatic carbocycles. The lowest BCUT2D eigenvalue weighted by atomic mass is 9.97. The molecule has 1 aromatic heterocycles. The first-order chi connectivity index (χ1) is 13.7. The number of nitrogens with zero attached hydrogens (tertiary/aromatic N) is 1. The van der Waals surface area contributed by atoms with E-state index >= 15 is 0 Å². The lowest BCUT2D eigenvalue weighted by Crippen LogP contribution is -2.46.